The van der Waals surface area contributed by atoms with E-state index < -0.39 is 0 Å². The van der Waals surface area contributed by atoms with Crippen LogP contribution in [0.5, 0.6) is 0 Å². The third kappa shape index (κ3) is 31.1. The zero-order valence-electron chi connectivity index (χ0n) is 40.7. The van der Waals surface area contributed by atoms with E-state index in [1.807, 2.05) is 0 Å². The molecule has 0 amide bonds. The zero-order chi connectivity index (χ0) is 44.6. The van der Waals surface area contributed by atoms with Gasteiger partial charge in [0.15, 0.2) is 0 Å². The van der Waals surface area contributed by atoms with Gasteiger partial charge in [0.05, 0.1) is 6.61 Å². The Morgan fingerprint density at radius 2 is 0.918 bits per heavy atom. The number of rotatable bonds is 46. The average Bonchev–Trinajstić information content (AvgIpc) is 3.24. The number of nitrogens with zero attached hydrogens (tertiary/aromatic N) is 2. The lowest BCUT2D eigenvalue weighted by Gasteiger charge is -2.28. The fraction of sp³-hybridized carbons (Fsp3) is 0.885. The first-order chi connectivity index (χ1) is 29.7. The van der Waals surface area contributed by atoms with E-state index in [0.717, 1.165) is 135 Å². The summed E-state index contributed by atoms with van der Waals surface area (Å²) < 4.78 is 11.5. The van der Waals surface area contributed by atoms with Crippen LogP contribution in [-0.4, -0.2) is 69.8 Å². The Kier molecular flexibility index (Phi) is 37.4. The van der Waals surface area contributed by atoms with Gasteiger partial charge < -0.3 is 24.6 Å². The van der Waals surface area contributed by atoms with Crippen LogP contribution < -0.4 is 21.1 Å². The molecule has 0 spiro atoms. The molecule has 0 fully saturated rings. The smallest absolute Gasteiger partial charge is 0.306 e. The highest BCUT2D eigenvalue weighted by atomic mass is 16.5. The first-order valence-corrected chi connectivity index (χ1v) is 26.1. The second kappa shape index (κ2) is 40.4. The maximum atomic E-state index is 12.9. The summed E-state index contributed by atoms with van der Waals surface area (Å²) in [5.74, 6) is -0.112. The van der Waals surface area contributed by atoms with Crippen molar-refractivity contribution in [2.75, 3.05) is 57.1 Å². The predicted octanol–water partition coefficient (Wildman–Crippen LogP) is 13.2. The van der Waals surface area contributed by atoms with E-state index in [-0.39, 0.29) is 28.9 Å². The first-order valence-electron chi connectivity index (χ1n) is 26.1. The van der Waals surface area contributed by atoms with Crippen molar-refractivity contribution in [3.8, 4) is 0 Å². The van der Waals surface area contributed by atoms with E-state index in [1.54, 1.807) is 0 Å². The molecule has 0 bridgehead atoms. The number of anilines is 2. The van der Waals surface area contributed by atoms with E-state index in [0.29, 0.717) is 37.4 Å². The van der Waals surface area contributed by atoms with Crippen LogP contribution in [0.15, 0.2) is 9.59 Å². The molecule has 0 unspecified atom stereocenters. The molecule has 0 aliphatic carbocycles. The number of carbonyl (C=O) groups excluding carboxylic acids is 2. The van der Waals surface area contributed by atoms with Crippen LogP contribution in [0.25, 0.3) is 0 Å². The van der Waals surface area contributed by atoms with Crippen LogP contribution in [0.4, 0.5) is 11.4 Å². The van der Waals surface area contributed by atoms with Gasteiger partial charge in [0, 0.05) is 32.5 Å². The molecule has 61 heavy (non-hydrogen) atoms. The molecule has 0 heterocycles. The highest BCUT2D eigenvalue weighted by Gasteiger charge is 2.25. The summed E-state index contributed by atoms with van der Waals surface area (Å²) in [6.45, 7) is 10.4. The molecule has 0 radical (unpaired) electrons. The molecule has 1 rings (SSSR count). The van der Waals surface area contributed by atoms with Crippen LogP contribution in [0.2, 0.25) is 0 Å². The fourth-order valence-corrected chi connectivity index (χ4v) is 8.28. The normalized spacial score (nSPS) is 11.6. The van der Waals surface area contributed by atoms with Crippen molar-refractivity contribution >= 4 is 23.3 Å². The van der Waals surface area contributed by atoms with Gasteiger partial charge in [-0.1, -0.05) is 162 Å². The Hall–Kier alpha value is -2.42. The van der Waals surface area contributed by atoms with Gasteiger partial charge in [-0.3, -0.25) is 19.2 Å². The van der Waals surface area contributed by atoms with Gasteiger partial charge in [-0.25, -0.2) is 0 Å². The monoisotopic (exact) mass is 860 g/mol. The second-order valence-corrected chi connectivity index (χ2v) is 18.4. The van der Waals surface area contributed by atoms with Crippen molar-refractivity contribution in [2.24, 2.45) is 0 Å². The molecule has 0 saturated heterocycles. The molecule has 0 aromatic heterocycles. The Bertz CT molecular complexity index is 1230. The van der Waals surface area contributed by atoms with Gasteiger partial charge in [0.25, 0.3) is 10.9 Å². The van der Waals surface area contributed by atoms with Crippen LogP contribution in [0.3, 0.4) is 0 Å². The lowest BCUT2D eigenvalue weighted by Crippen LogP contribution is -2.43. The molecule has 0 aliphatic heterocycles. The molecule has 0 saturated carbocycles. The number of unbranched alkanes of at least 4 members (excludes halogenated alkanes) is 25. The van der Waals surface area contributed by atoms with Crippen molar-refractivity contribution < 1.29 is 19.1 Å². The number of ether oxygens (including phenoxy) is 2. The third-order valence-electron chi connectivity index (χ3n) is 12.2. The molecule has 1 aromatic carbocycles. The highest BCUT2D eigenvalue weighted by molar-refractivity contribution is 5.75. The molecule has 0 atom stereocenters. The summed E-state index contributed by atoms with van der Waals surface area (Å²) in [5.41, 5.74) is 0.310. The summed E-state index contributed by atoms with van der Waals surface area (Å²) in [4.78, 5) is 55.0. The number of esters is 2. The first kappa shape index (κ1) is 56.6. The summed E-state index contributed by atoms with van der Waals surface area (Å²) in [6, 6.07) is 0. The van der Waals surface area contributed by atoms with Crippen molar-refractivity contribution in [1.82, 2.24) is 4.90 Å². The van der Waals surface area contributed by atoms with Crippen LogP contribution in [0.1, 0.15) is 245 Å². The minimum atomic E-state index is -0.389. The number of hydrogen-bond acceptors (Lipinski definition) is 9. The van der Waals surface area contributed by atoms with Crippen molar-refractivity contribution in [2.45, 2.75) is 252 Å². The van der Waals surface area contributed by atoms with Crippen LogP contribution in [0, 0.1) is 0 Å². The van der Waals surface area contributed by atoms with Crippen molar-refractivity contribution in [3.63, 3.8) is 0 Å². The summed E-state index contributed by atoms with van der Waals surface area (Å²) >= 11 is 0. The van der Waals surface area contributed by atoms with Gasteiger partial charge in [0.2, 0.25) is 0 Å². The van der Waals surface area contributed by atoms with E-state index in [9.17, 15) is 19.2 Å². The molecular weight excluding hydrogens is 763 g/mol. The quantitative estimate of drug-likeness (QED) is 0.0390. The molecule has 9 nitrogen and oxygen atoms in total. The third-order valence-corrected chi connectivity index (χ3v) is 12.2. The topological polar surface area (TPSA) is 105 Å². The Balaban J connectivity index is 2.52. The van der Waals surface area contributed by atoms with Crippen LogP contribution >= 0.6 is 0 Å². The Morgan fingerprint density at radius 1 is 0.492 bits per heavy atom. The Morgan fingerprint density at radius 3 is 1.43 bits per heavy atom. The molecule has 0 aliphatic rings. The Labute approximate surface area is 375 Å². The van der Waals surface area contributed by atoms with Gasteiger partial charge in [0.1, 0.15) is 17.5 Å². The largest absolute Gasteiger partial charge is 0.466 e. The molecule has 9 heteroatoms. The standard InChI is InChI=1S/C52H97N3O6/c1-6-9-12-15-18-27-36-45-60-47(56)39-30-23-19-25-33-43-55(50-49(51(58)52(50)59)53-41-32-35-42-54(4)5)44-34-26-20-24-31-40-48(57)61-46(37-28-21-16-13-10-7-2)38-29-22-17-14-11-8-3/h46,53H,6-45H2,1-5H3. The second-order valence-electron chi connectivity index (χ2n) is 18.4. The van der Waals surface area contributed by atoms with Crippen molar-refractivity contribution in [1.29, 1.82) is 0 Å². The van der Waals surface area contributed by atoms with E-state index in [2.05, 4.69) is 50.0 Å². The van der Waals surface area contributed by atoms with Gasteiger partial charge in [-0.05, 0) is 91.3 Å². The van der Waals surface area contributed by atoms with E-state index in [4.69, 9.17) is 9.47 Å². The summed E-state index contributed by atoms with van der Waals surface area (Å²) in [6.07, 6.45) is 38.2. The minimum absolute atomic E-state index is 0.0336. The van der Waals surface area contributed by atoms with Gasteiger partial charge >= 0.3 is 11.9 Å². The number of nitrogens with one attached hydrogen (secondary N) is 1. The predicted molar refractivity (Wildman–Crippen MR) is 260 cm³/mol. The average molecular weight is 860 g/mol. The van der Waals surface area contributed by atoms with Crippen LogP contribution in [-0.2, 0) is 19.1 Å². The molecule has 356 valence electrons. The zero-order valence-corrected chi connectivity index (χ0v) is 40.7. The van der Waals surface area contributed by atoms with E-state index in [1.165, 1.54) is 96.3 Å². The number of carbonyl (C=O) groups is 2. The summed E-state index contributed by atoms with van der Waals surface area (Å²) in [5, 5.41) is 3.31. The fourth-order valence-electron chi connectivity index (χ4n) is 8.28. The maximum absolute atomic E-state index is 12.9. The van der Waals surface area contributed by atoms with E-state index >= 15 is 0 Å². The maximum Gasteiger partial charge on any atom is 0.306 e. The molecule has 1 N–H and O–H groups in total. The lowest BCUT2D eigenvalue weighted by molar-refractivity contribution is -0.150. The van der Waals surface area contributed by atoms with Gasteiger partial charge in [-0.2, -0.15) is 0 Å². The molecular formula is C52H97N3O6. The number of hydrogen-bond donors (Lipinski definition) is 1. The lowest BCUT2D eigenvalue weighted by atomic mass is 10.0. The summed E-state index contributed by atoms with van der Waals surface area (Å²) in [7, 11) is 4.12. The SMILES string of the molecule is CCCCCCCCCOC(=O)CCCCCCCN(CCCCCCCC(=O)OC(CCCCCCCC)CCCCCCCC)c1c(NCCCCN(C)C)c(=O)c1=O. The minimum Gasteiger partial charge on any atom is -0.466 e. The highest BCUT2D eigenvalue weighted by Crippen LogP contribution is 2.23. The van der Waals surface area contributed by atoms with Crippen molar-refractivity contribution in [3.05, 3.63) is 20.4 Å². The molecule has 1 aromatic rings. The van der Waals surface area contributed by atoms with Gasteiger partial charge in [-0.15, -0.1) is 0 Å².